The van der Waals surface area contributed by atoms with Crippen molar-refractivity contribution < 1.29 is 19.4 Å². The van der Waals surface area contributed by atoms with Crippen LogP contribution in [0.3, 0.4) is 0 Å². The van der Waals surface area contributed by atoms with E-state index in [1.807, 2.05) is 0 Å². The van der Waals surface area contributed by atoms with Crippen molar-refractivity contribution in [3.05, 3.63) is 66.0 Å². The number of nitrogens with zero attached hydrogens (tertiary/aromatic N) is 1. The van der Waals surface area contributed by atoms with Crippen molar-refractivity contribution in [1.82, 2.24) is 4.98 Å². The van der Waals surface area contributed by atoms with Crippen molar-refractivity contribution >= 4 is 14.0 Å². The molecule has 1 aromatic carbocycles. The Bertz CT molecular complexity index is 617. The highest BCUT2D eigenvalue weighted by Gasteiger charge is 2.58. The van der Waals surface area contributed by atoms with E-state index in [-0.39, 0.29) is 6.42 Å². The highest BCUT2D eigenvalue weighted by Crippen LogP contribution is 2.48. The van der Waals surface area contributed by atoms with Gasteiger partial charge in [-0.15, -0.1) is 0 Å². The molecule has 2 aromatic rings. The number of rotatable bonds is 6. The van der Waals surface area contributed by atoms with E-state index in [2.05, 4.69) is 4.98 Å². The molecular formula is C15H15NO4P+. The summed E-state index contributed by atoms with van der Waals surface area (Å²) in [4.78, 5) is 25.5. The van der Waals surface area contributed by atoms with Crippen LogP contribution in [0.25, 0.3) is 0 Å². The summed E-state index contributed by atoms with van der Waals surface area (Å²) in [6.07, 6.45) is 1.93. The number of pyridine rings is 1. The summed E-state index contributed by atoms with van der Waals surface area (Å²) in [6, 6.07) is 13.5. The van der Waals surface area contributed by atoms with Gasteiger partial charge in [0.25, 0.3) is 0 Å². The summed E-state index contributed by atoms with van der Waals surface area (Å²) in [5.41, 5.74) is 1.02. The monoisotopic (exact) mass is 304 g/mol. The first-order valence-corrected chi connectivity index (χ1v) is 7.63. The summed E-state index contributed by atoms with van der Waals surface area (Å²) in [6.45, 7) is 0. The predicted octanol–water partition coefficient (Wildman–Crippen LogP) is 2.73. The highest BCUT2D eigenvalue weighted by atomic mass is 31.1. The van der Waals surface area contributed by atoms with Crippen molar-refractivity contribution in [2.75, 3.05) is 0 Å². The molecule has 0 amide bonds. The van der Waals surface area contributed by atoms with Gasteiger partial charge in [-0.2, -0.15) is 4.89 Å². The van der Waals surface area contributed by atoms with Crippen LogP contribution >= 0.6 is 8.03 Å². The Balaban J connectivity index is 2.37. The fourth-order valence-corrected chi connectivity index (χ4v) is 3.07. The zero-order valence-corrected chi connectivity index (χ0v) is 12.1. The standard InChI is InChI=1S/C15H14NO4P/c17-14(18)15(21(19)20,12-6-2-1-3-7-12)10-9-13-8-4-5-11-16-13/h1-8,11H,9-10H2,(H-,17,18,19,20)/p+1. The molecule has 0 aliphatic rings. The molecular weight excluding hydrogens is 289 g/mol. The normalized spacial score (nSPS) is 14.2. The molecule has 0 bridgehead atoms. The van der Waals surface area contributed by atoms with Crippen molar-refractivity contribution in [2.24, 2.45) is 0 Å². The van der Waals surface area contributed by atoms with Crippen molar-refractivity contribution in [3.8, 4) is 0 Å². The molecule has 6 heteroatoms. The third kappa shape index (κ3) is 3.15. The van der Waals surface area contributed by atoms with Gasteiger partial charge in [-0.25, -0.2) is 4.79 Å². The number of carboxylic acid groups (broad SMARTS) is 1. The number of aromatic nitrogens is 1. The molecule has 1 heterocycles. The average molecular weight is 304 g/mol. The Morgan fingerprint density at radius 1 is 1.14 bits per heavy atom. The average Bonchev–Trinajstić information content (AvgIpc) is 2.49. The van der Waals surface area contributed by atoms with E-state index >= 15 is 0 Å². The first-order chi connectivity index (χ1) is 10.1. The molecule has 0 radical (unpaired) electrons. The lowest BCUT2D eigenvalue weighted by molar-refractivity contribution is -0.140. The van der Waals surface area contributed by atoms with Gasteiger partial charge < -0.3 is 5.11 Å². The second kappa shape index (κ2) is 6.57. The third-order valence-corrected chi connectivity index (χ3v) is 4.73. The van der Waals surface area contributed by atoms with Crippen LogP contribution in [0.15, 0.2) is 54.7 Å². The minimum Gasteiger partial charge on any atom is -0.477 e. The van der Waals surface area contributed by atoms with Crippen LogP contribution in [-0.2, 0) is 20.9 Å². The smallest absolute Gasteiger partial charge is 0.477 e. The van der Waals surface area contributed by atoms with Crippen molar-refractivity contribution in [1.29, 1.82) is 0 Å². The molecule has 108 valence electrons. The van der Waals surface area contributed by atoms with Crippen LogP contribution in [0.1, 0.15) is 17.7 Å². The zero-order chi connectivity index (χ0) is 15.3. The predicted molar refractivity (Wildman–Crippen MR) is 78.1 cm³/mol. The molecule has 0 saturated carbocycles. The maximum atomic E-state index is 11.8. The fourth-order valence-electron chi connectivity index (χ4n) is 2.23. The third-order valence-electron chi connectivity index (χ3n) is 3.40. The van der Waals surface area contributed by atoms with Crippen LogP contribution < -0.4 is 0 Å². The second-order valence-corrected chi connectivity index (χ2v) is 5.93. The molecule has 2 N–H and O–H groups in total. The van der Waals surface area contributed by atoms with Crippen LogP contribution in [-0.4, -0.2) is 21.0 Å². The summed E-state index contributed by atoms with van der Waals surface area (Å²) >= 11 is 0. The Hall–Kier alpha value is -2.10. The molecule has 2 atom stereocenters. The molecule has 1 aromatic heterocycles. The first kappa shape index (κ1) is 15.3. The van der Waals surface area contributed by atoms with Crippen LogP contribution in [0.2, 0.25) is 0 Å². The van der Waals surface area contributed by atoms with E-state index < -0.39 is 19.2 Å². The summed E-state index contributed by atoms with van der Waals surface area (Å²) in [7, 11) is -2.94. The number of aliphatic carboxylic acids is 1. The molecule has 2 rings (SSSR count). The fraction of sp³-hybridized carbons (Fsp3) is 0.200. The lowest BCUT2D eigenvalue weighted by Gasteiger charge is -2.17. The van der Waals surface area contributed by atoms with E-state index in [0.29, 0.717) is 17.7 Å². The number of aryl methyl sites for hydroxylation is 1. The van der Waals surface area contributed by atoms with Gasteiger partial charge in [0, 0.05) is 23.9 Å². The van der Waals surface area contributed by atoms with Crippen LogP contribution in [0, 0.1) is 0 Å². The van der Waals surface area contributed by atoms with E-state index in [1.54, 1.807) is 54.7 Å². The SMILES string of the molecule is O=C(O)C(CCc1ccccn1)(c1ccccc1)[P+](=O)O. The first-order valence-electron chi connectivity index (χ1n) is 6.42. The molecule has 0 spiro atoms. The number of carboxylic acids is 1. The molecule has 21 heavy (non-hydrogen) atoms. The topological polar surface area (TPSA) is 87.5 Å². The highest BCUT2D eigenvalue weighted by molar-refractivity contribution is 7.41. The van der Waals surface area contributed by atoms with Gasteiger partial charge in [0.2, 0.25) is 0 Å². The largest absolute Gasteiger partial charge is 0.528 e. The van der Waals surface area contributed by atoms with Gasteiger partial charge in [0.15, 0.2) is 0 Å². The minimum absolute atomic E-state index is 0.00899. The van der Waals surface area contributed by atoms with Gasteiger partial charge in [0.1, 0.15) is 0 Å². The molecule has 0 aliphatic heterocycles. The van der Waals surface area contributed by atoms with E-state index in [1.165, 1.54) is 0 Å². The number of hydrogen-bond donors (Lipinski definition) is 2. The zero-order valence-electron chi connectivity index (χ0n) is 11.2. The van der Waals surface area contributed by atoms with Gasteiger partial charge in [-0.3, -0.25) is 4.98 Å². The van der Waals surface area contributed by atoms with Crippen molar-refractivity contribution in [3.63, 3.8) is 0 Å². The van der Waals surface area contributed by atoms with Gasteiger partial charge in [-0.1, -0.05) is 36.4 Å². The summed E-state index contributed by atoms with van der Waals surface area (Å²) in [5, 5.41) is 7.75. The number of benzene rings is 1. The quantitative estimate of drug-likeness (QED) is 0.801. The summed E-state index contributed by atoms with van der Waals surface area (Å²) in [5.74, 6) is -1.30. The summed E-state index contributed by atoms with van der Waals surface area (Å²) < 4.78 is 11.8. The molecule has 2 unspecified atom stereocenters. The van der Waals surface area contributed by atoms with Crippen molar-refractivity contribution in [2.45, 2.75) is 18.0 Å². The van der Waals surface area contributed by atoms with Crippen LogP contribution in [0.4, 0.5) is 0 Å². The number of hydrogen-bond acceptors (Lipinski definition) is 3. The molecule has 5 nitrogen and oxygen atoms in total. The van der Waals surface area contributed by atoms with Gasteiger partial charge in [-0.05, 0) is 23.1 Å². The molecule has 0 aliphatic carbocycles. The Labute approximate surface area is 123 Å². The van der Waals surface area contributed by atoms with E-state index in [0.717, 1.165) is 0 Å². The Morgan fingerprint density at radius 2 is 1.81 bits per heavy atom. The number of carbonyl (C=O) groups is 1. The van der Waals surface area contributed by atoms with E-state index in [4.69, 9.17) is 0 Å². The Morgan fingerprint density at radius 3 is 2.33 bits per heavy atom. The second-order valence-electron chi connectivity index (χ2n) is 4.63. The molecule has 0 saturated heterocycles. The van der Waals surface area contributed by atoms with Crippen LogP contribution in [0.5, 0.6) is 0 Å². The van der Waals surface area contributed by atoms with E-state index in [9.17, 15) is 19.4 Å². The Kier molecular flexibility index (Phi) is 4.78. The lowest BCUT2D eigenvalue weighted by atomic mass is 9.92. The lowest BCUT2D eigenvalue weighted by Crippen LogP contribution is -2.33. The van der Waals surface area contributed by atoms with Gasteiger partial charge in [0.05, 0.1) is 0 Å². The van der Waals surface area contributed by atoms with Gasteiger partial charge >= 0.3 is 19.2 Å². The maximum Gasteiger partial charge on any atom is 0.528 e. The molecule has 0 fully saturated rings. The maximum absolute atomic E-state index is 11.8. The minimum atomic E-state index is -2.94.